The molecule has 0 aromatic heterocycles. The van der Waals surface area contributed by atoms with Gasteiger partial charge in [0.15, 0.2) is 0 Å². The Hall–Kier alpha value is -1.34. The van der Waals surface area contributed by atoms with E-state index in [0.29, 0.717) is 5.92 Å². The van der Waals surface area contributed by atoms with Crippen molar-refractivity contribution in [2.24, 2.45) is 5.92 Å². The van der Waals surface area contributed by atoms with E-state index in [4.69, 9.17) is 0 Å². The van der Waals surface area contributed by atoms with E-state index in [1.807, 2.05) is 0 Å². The van der Waals surface area contributed by atoms with Crippen LogP contribution in [-0.2, 0) is 12.8 Å². The van der Waals surface area contributed by atoms with Crippen LogP contribution in [0, 0.1) is 5.92 Å². The molecule has 28 heavy (non-hydrogen) atoms. The third-order valence-electron chi connectivity index (χ3n) is 4.52. The zero-order chi connectivity index (χ0) is 21.8. The maximum absolute atomic E-state index is 10.7. The normalized spacial score (nSPS) is 18.1. The molecule has 164 valence electrons. The van der Waals surface area contributed by atoms with E-state index < -0.39 is 7.81 Å². The second-order valence-corrected chi connectivity index (χ2v) is 9.05. The van der Waals surface area contributed by atoms with Crippen LogP contribution in [0.25, 0.3) is 0 Å². The minimum atomic E-state index is -10.7. The molecule has 0 aliphatic carbocycles. The van der Waals surface area contributed by atoms with Gasteiger partial charge in [-0.15, -0.1) is 0 Å². The van der Waals surface area contributed by atoms with Crippen LogP contribution in [0.5, 0.6) is 0 Å². The van der Waals surface area contributed by atoms with Gasteiger partial charge in [-0.1, -0.05) is 45.9 Å². The van der Waals surface area contributed by atoms with Crippen LogP contribution in [-0.4, -0.2) is 41.8 Å². The van der Waals surface area contributed by atoms with E-state index in [2.05, 4.69) is 61.7 Å². The average Bonchev–Trinajstić information content (AvgIpc) is 3.00. The van der Waals surface area contributed by atoms with Crippen molar-refractivity contribution in [2.45, 2.75) is 46.6 Å². The van der Waals surface area contributed by atoms with Crippen molar-refractivity contribution in [3.63, 3.8) is 0 Å². The van der Waals surface area contributed by atoms with Gasteiger partial charge < -0.3 is 5.11 Å². The minimum absolute atomic E-state index is 0.217. The molecule has 1 heterocycles. The zero-order valence-electron chi connectivity index (χ0n) is 16.6. The van der Waals surface area contributed by atoms with Gasteiger partial charge in [-0.2, -0.15) is 0 Å². The van der Waals surface area contributed by atoms with Crippen molar-refractivity contribution in [1.82, 2.24) is 0 Å². The molecule has 0 amide bonds. The standard InChI is InChI=1S/C18H29N2O.F6P/c1-5-15-8-7-9-16(6-2)18(15)20-11-10-19(13-20)17(12-21)14(3)4;1-7(2,3,4,5)6/h7-9,13-14,17,21H,5-6,10-12H2,1-4H3;/q+1;-1. The Morgan fingerprint density at radius 1 is 1.04 bits per heavy atom. The molecule has 0 fully saturated rings. The van der Waals surface area contributed by atoms with Gasteiger partial charge >= 0.3 is 33.0 Å². The van der Waals surface area contributed by atoms with Gasteiger partial charge in [0.1, 0.15) is 24.8 Å². The summed E-state index contributed by atoms with van der Waals surface area (Å²) in [5.41, 5.74) is 4.21. The molecule has 0 spiro atoms. The van der Waals surface area contributed by atoms with Crippen molar-refractivity contribution in [1.29, 1.82) is 0 Å². The Labute approximate surface area is 161 Å². The number of aliphatic hydroxyl groups excluding tert-OH is 1. The van der Waals surface area contributed by atoms with E-state index in [-0.39, 0.29) is 12.6 Å². The zero-order valence-corrected chi connectivity index (χ0v) is 17.5. The predicted octanol–water partition coefficient (Wildman–Crippen LogP) is 6.07. The molecule has 1 aliphatic heterocycles. The monoisotopic (exact) mass is 434 g/mol. The molecule has 0 radical (unpaired) electrons. The molecule has 1 aliphatic rings. The molecule has 1 atom stereocenters. The first kappa shape index (κ1) is 24.7. The van der Waals surface area contributed by atoms with Crippen LogP contribution in [0.15, 0.2) is 18.2 Å². The Bertz CT molecular complexity index is 670. The average molecular weight is 434 g/mol. The molecule has 0 saturated heterocycles. The van der Waals surface area contributed by atoms with Crippen LogP contribution < -0.4 is 4.90 Å². The number of nitrogens with zero attached hydrogens (tertiary/aromatic N) is 2. The number of anilines is 1. The van der Waals surface area contributed by atoms with Crippen LogP contribution in [0.3, 0.4) is 0 Å². The van der Waals surface area contributed by atoms with Crippen LogP contribution in [0.4, 0.5) is 30.9 Å². The number of hydrogen-bond donors (Lipinski definition) is 1. The number of aryl methyl sites for hydroxylation is 2. The van der Waals surface area contributed by atoms with Crippen molar-refractivity contribution < 1.29 is 34.9 Å². The van der Waals surface area contributed by atoms with Gasteiger partial charge in [-0.05, 0) is 29.9 Å². The first-order valence-electron chi connectivity index (χ1n) is 9.22. The van der Waals surface area contributed by atoms with Crippen molar-refractivity contribution in [2.75, 3.05) is 24.6 Å². The fraction of sp³-hybridized carbons (Fsp3) is 0.611. The van der Waals surface area contributed by atoms with Gasteiger partial charge in [-0.25, -0.2) is 4.90 Å². The molecule has 1 aromatic carbocycles. The second-order valence-electron chi connectivity index (χ2n) is 7.13. The van der Waals surface area contributed by atoms with Crippen molar-refractivity contribution >= 4 is 19.8 Å². The summed E-state index contributed by atoms with van der Waals surface area (Å²) in [5, 5.41) is 9.64. The van der Waals surface area contributed by atoms with Crippen LogP contribution in [0.1, 0.15) is 38.8 Å². The van der Waals surface area contributed by atoms with Gasteiger partial charge in [0.05, 0.1) is 6.61 Å². The second kappa shape index (κ2) is 8.19. The molecular formula is C18H29F6N2OP. The summed E-state index contributed by atoms with van der Waals surface area (Å²) in [5.74, 6) is 0.457. The fourth-order valence-corrected chi connectivity index (χ4v) is 3.22. The molecule has 0 bridgehead atoms. The van der Waals surface area contributed by atoms with E-state index in [1.165, 1.54) is 16.8 Å². The molecule has 0 saturated carbocycles. The number of benzene rings is 1. The Kier molecular flexibility index (Phi) is 7.22. The van der Waals surface area contributed by atoms with E-state index in [9.17, 15) is 30.3 Å². The Morgan fingerprint density at radius 2 is 1.50 bits per heavy atom. The Morgan fingerprint density at radius 3 is 1.86 bits per heavy atom. The van der Waals surface area contributed by atoms with Crippen LogP contribution >= 0.6 is 7.81 Å². The first-order chi connectivity index (χ1) is 12.6. The molecule has 1 unspecified atom stereocenters. The molecular weight excluding hydrogens is 405 g/mol. The van der Waals surface area contributed by atoms with E-state index in [1.54, 1.807) is 0 Å². The van der Waals surface area contributed by atoms with Crippen molar-refractivity contribution in [3.8, 4) is 0 Å². The number of para-hydroxylation sites is 1. The Balaban J connectivity index is 0.000000480. The third-order valence-corrected chi connectivity index (χ3v) is 4.52. The summed E-state index contributed by atoms with van der Waals surface area (Å²) < 4.78 is 61.5. The summed E-state index contributed by atoms with van der Waals surface area (Å²) in [6.07, 6.45) is 4.33. The quantitative estimate of drug-likeness (QED) is 0.334. The van der Waals surface area contributed by atoms with Gasteiger partial charge in [0.2, 0.25) is 6.34 Å². The van der Waals surface area contributed by atoms with Gasteiger partial charge in [-0.3, -0.25) is 4.58 Å². The topological polar surface area (TPSA) is 26.5 Å². The summed E-state index contributed by atoms with van der Waals surface area (Å²) >= 11 is 0. The molecule has 2 rings (SSSR count). The molecule has 10 heteroatoms. The molecule has 1 aromatic rings. The molecule has 1 N–H and O–H groups in total. The van der Waals surface area contributed by atoms with Crippen LogP contribution in [0.2, 0.25) is 0 Å². The molecule has 3 nitrogen and oxygen atoms in total. The third kappa shape index (κ3) is 8.78. The maximum atomic E-state index is 9.87. The SMILES string of the molecule is CCc1cccc(CC)c1N1C=[N+](C(CO)C(C)C)CC1.F[P-](F)(F)(F)(F)F. The first-order valence-corrected chi connectivity index (χ1v) is 11.3. The fourth-order valence-electron chi connectivity index (χ4n) is 3.22. The number of rotatable bonds is 6. The van der Waals surface area contributed by atoms with Gasteiger partial charge in [0, 0.05) is 0 Å². The number of halogens is 6. The van der Waals surface area contributed by atoms with Gasteiger partial charge in [0.25, 0.3) is 0 Å². The predicted molar refractivity (Wildman–Crippen MR) is 103 cm³/mol. The number of hydrogen-bond acceptors (Lipinski definition) is 2. The summed E-state index contributed by atoms with van der Waals surface area (Å²) in [6, 6.07) is 6.85. The summed E-state index contributed by atoms with van der Waals surface area (Å²) in [7, 11) is -10.7. The van der Waals surface area contributed by atoms with E-state index in [0.717, 1.165) is 25.9 Å². The van der Waals surface area contributed by atoms with E-state index >= 15 is 0 Å². The number of aliphatic hydroxyl groups is 1. The van der Waals surface area contributed by atoms with Crippen molar-refractivity contribution in [3.05, 3.63) is 29.3 Å². The summed E-state index contributed by atoms with van der Waals surface area (Å²) in [6.45, 7) is 11.0. The summed E-state index contributed by atoms with van der Waals surface area (Å²) in [4.78, 5) is 2.38.